The summed E-state index contributed by atoms with van der Waals surface area (Å²) in [5.41, 5.74) is 1.75. The van der Waals surface area contributed by atoms with Crippen LogP contribution >= 0.6 is 0 Å². The lowest BCUT2D eigenvalue weighted by Crippen LogP contribution is -2.18. The Bertz CT molecular complexity index is 412. The van der Waals surface area contributed by atoms with E-state index in [9.17, 15) is 4.79 Å². The molecular formula is C15H20O3. The van der Waals surface area contributed by atoms with Crippen LogP contribution in [-0.4, -0.2) is 12.8 Å². The highest BCUT2D eigenvalue weighted by Crippen LogP contribution is 2.25. The Morgan fingerprint density at radius 2 is 1.94 bits per heavy atom. The number of hydrogen-bond acceptors (Lipinski definition) is 3. The van der Waals surface area contributed by atoms with E-state index in [2.05, 4.69) is 6.92 Å². The largest absolute Gasteiger partial charge is 0.456 e. The molecule has 0 spiro atoms. The Labute approximate surface area is 108 Å². The predicted molar refractivity (Wildman–Crippen MR) is 69.8 cm³/mol. The van der Waals surface area contributed by atoms with Gasteiger partial charge in [-0.25, -0.2) is 4.79 Å². The number of hydrogen-bond donors (Lipinski definition) is 0. The van der Waals surface area contributed by atoms with Crippen LogP contribution in [-0.2, 0) is 11.2 Å². The van der Waals surface area contributed by atoms with E-state index in [0.717, 1.165) is 6.42 Å². The Kier molecular flexibility index (Phi) is 4.62. The van der Waals surface area contributed by atoms with Gasteiger partial charge in [-0.2, -0.15) is 0 Å². The first kappa shape index (κ1) is 12.9. The predicted octanol–water partition coefficient (Wildman–Crippen LogP) is 3.71. The van der Waals surface area contributed by atoms with E-state index >= 15 is 0 Å². The van der Waals surface area contributed by atoms with Gasteiger partial charge in [0.15, 0.2) is 0 Å². The van der Waals surface area contributed by atoms with Crippen LogP contribution in [0.25, 0.3) is 0 Å². The van der Waals surface area contributed by atoms with E-state index in [-0.39, 0.29) is 12.8 Å². The molecule has 0 N–H and O–H groups in total. The summed E-state index contributed by atoms with van der Waals surface area (Å²) in [7, 11) is 0. The number of fused-ring (bicyclic) bond motifs is 1. The zero-order chi connectivity index (χ0) is 12.8. The number of ether oxygens (including phenoxy) is 2. The third kappa shape index (κ3) is 3.25. The molecule has 0 fully saturated rings. The lowest BCUT2D eigenvalue weighted by atomic mass is 10.0. The standard InChI is InChI=1S/C15H20O3/c1-2-3-4-5-6-7-12-8-9-14-13(10-12)15(16)18-11-17-14/h8-10H,2-7,11H2,1H3. The average molecular weight is 248 g/mol. The number of aryl methyl sites for hydroxylation is 1. The van der Waals surface area contributed by atoms with Crippen molar-refractivity contribution in [2.75, 3.05) is 6.79 Å². The van der Waals surface area contributed by atoms with Gasteiger partial charge in [0, 0.05) is 0 Å². The van der Waals surface area contributed by atoms with Gasteiger partial charge < -0.3 is 9.47 Å². The molecule has 0 aromatic heterocycles. The Morgan fingerprint density at radius 3 is 2.78 bits per heavy atom. The third-order valence-corrected chi connectivity index (χ3v) is 3.24. The third-order valence-electron chi connectivity index (χ3n) is 3.24. The van der Waals surface area contributed by atoms with Gasteiger partial charge >= 0.3 is 5.97 Å². The van der Waals surface area contributed by atoms with Crippen LogP contribution in [0.5, 0.6) is 5.75 Å². The summed E-state index contributed by atoms with van der Waals surface area (Å²) in [4.78, 5) is 11.6. The molecule has 1 aromatic carbocycles. The van der Waals surface area contributed by atoms with E-state index in [0.29, 0.717) is 11.3 Å². The zero-order valence-electron chi connectivity index (χ0n) is 10.9. The smallest absolute Gasteiger partial charge is 0.344 e. The van der Waals surface area contributed by atoms with E-state index in [1.807, 2.05) is 18.2 Å². The molecule has 1 heterocycles. The van der Waals surface area contributed by atoms with Crippen molar-refractivity contribution in [1.29, 1.82) is 0 Å². The number of carbonyl (C=O) groups excluding carboxylic acids is 1. The molecule has 3 nitrogen and oxygen atoms in total. The Hall–Kier alpha value is -1.51. The van der Waals surface area contributed by atoms with E-state index in [1.54, 1.807) is 0 Å². The maximum Gasteiger partial charge on any atom is 0.344 e. The van der Waals surface area contributed by atoms with Crippen molar-refractivity contribution in [1.82, 2.24) is 0 Å². The molecular weight excluding hydrogens is 228 g/mol. The van der Waals surface area contributed by atoms with Gasteiger partial charge in [0.2, 0.25) is 6.79 Å². The number of cyclic esters (lactones) is 1. The molecule has 1 aliphatic rings. The molecule has 0 radical (unpaired) electrons. The van der Waals surface area contributed by atoms with E-state index in [1.165, 1.54) is 37.7 Å². The van der Waals surface area contributed by atoms with Gasteiger partial charge in [0.25, 0.3) is 0 Å². The van der Waals surface area contributed by atoms with E-state index in [4.69, 9.17) is 9.47 Å². The number of benzene rings is 1. The van der Waals surface area contributed by atoms with Crippen LogP contribution in [0.3, 0.4) is 0 Å². The minimum atomic E-state index is -0.274. The fourth-order valence-corrected chi connectivity index (χ4v) is 2.17. The first-order valence-corrected chi connectivity index (χ1v) is 6.74. The van der Waals surface area contributed by atoms with Crippen LogP contribution in [0, 0.1) is 0 Å². The summed E-state index contributed by atoms with van der Waals surface area (Å²) in [5.74, 6) is 0.366. The molecule has 0 unspecified atom stereocenters. The number of carbonyl (C=O) groups is 1. The molecule has 3 heteroatoms. The minimum absolute atomic E-state index is 0.0300. The van der Waals surface area contributed by atoms with Gasteiger partial charge in [0.05, 0.1) is 0 Å². The minimum Gasteiger partial charge on any atom is -0.456 e. The van der Waals surface area contributed by atoms with Gasteiger partial charge in [-0.3, -0.25) is 0 Å². The molecule has 1 aliphatic heterocycles. The first-order valence-electron chi connectivity index (χ1n) is 6.74. The quantitative estimate of drug-likeness (QED) is 0.568. The topological polar surface area (TPSA) is 35.5 Å². The van der Waals surface area contributed by atoms with Crippen molar-refractivity contribution in [2.24, 2.45) is 0 Å². The maximum atomic E-state index is 11.6. The summed E-state index contributed by atoms with van der Waals surface area (Å²) in [5, 5.41) is 0. The lowest BCUT2D eigenvalue weighted by Gasteiger charge is -2.17. The SMILES string of the molecule is CCCCCCCc1ccc2c(c1)C(=O)OCO2. The van der Waals surface area contributed by atoms with Crippen molar-refractivity contribution in [3.8, 4) is 5.75 Å². The summed E-state index contributed by atoms with van der Waals surface area (Å²) in [6.07, 6.45) is 7.32. The summed E-state index contributed by atoms with van der Waals surface area (Å²) in [6.45, 7) is 2.25. The molecule has 0 amide bonds. The van der Waals surface area contributed by atoms with Crippen molar-refractivity contribution in [3.63, 3.8) is 0 Å². The molecule has 0 aliphatic carbocycles. The fraction of sp³-hybridized carbons (Fsp3) is 0.533. The number of unbranched alkanes of at least 4 members (excludes halogenated alkanes) is 4. The first-order chi connectivity index (χ1) is 8.81. The molecule has 18 heavy (non-hydrogen) atoms. The molecule has 0 saturated heterocycles. The van der Waals surface area contributed by atoms with Crippen molar-refractivity contribution in [2.45, 2.75) is 45.4 Å². The van der Waals surface area contributed by atoms with Crippen LogP contribution < -0.4 is 4.74 Å². The van der Waals surface area contributed by atoms with Crippen molar-refractivity contribution < 1.29 is 14.3 Å². The second kappa shape index (κ2) is 6.43. The van der Waals surface area contributed by atoms with Crippen LogP contribution in [0.2, 0.25) is 0 Å². The summed E-state index contributed by atoms with van der Waals surface area (Å²) in [6, 6.07) is 5.81. The lowest BCUT2D eigenvalue weighted by molar-refractivity contribution is 0.00488. The zero-order valence-corrected chi connectivity index (χ0v) is 10.9. The number of rotatable bonds is 6. The van der Waals surface area contributed by atoms with Crippen LogP contribution in [0.15, 0.2) is 18.2 Å². The van der Waals surface area contributed by atoms with Crippen molar-refractivity contribution in [3.05, 3.63) is 29.3 Å². The highest BCUT2D eigenvalue weighted by Gasteiger charge is 2.19. The molecule has 1 aromatic rings. The van der Waals surface area contributed by atoms with Gasteiger partial charge in [0.1, 0.15) is 11.3 Å². The van der Waals surface area contributed by atoms with E-state index < -0.39 is 0 Å². The second-order valence-electron chi connectivity index (χ2n) is 4.69. The number of esters is 1. The monoisotopic (exact) mass is 248 g/mol. The van der Waals surface area contributed by atoms with Crippen molar-refractivity contribution >= 4 is 5.97 Å². The highest BCUT2D eigenvalue weighted by molar-refractivity contribution is 5.93. The molecule has 98 valence electrons. The van der Waals surface area contributed by atoms with Gasteiger partial charge in [-0.1, -0.05) is 38.7 Å². The molecule has 0 saturated carbocycles. The maximum absolute atomic E-state index is 11.6. The summed E-state index contributed by atoms with van der Waals surface area (Å²) < 4.78 is 10.1. The fourth-order valence-electron chi connectivity index (χ4n) is 2.17. The Morgan fingerprint density at radius 1 is 1.11 bits per heavy atom. The molecule has 2 rings (SSSR count). The Balaban J connectivity index is 1.90. The highest BCUT2D eigenvalue weighted by atomic mass is 16.7. The normalized spacial score (nSPS) is 13.7. The van der Waals surface area contributed by atoms with Crippen LogP contribution in [0.4, 0.5) is 0 Å². The average Bonchev–Trinajstić information content (AvgIpc) is 2.39. The van der Waals surface area contributed by atoms with Gasteiger partial charge in [-0.05, 0) is 30.5 Å². The van der Waals surface area contributed by atoms with Gasteiger partial charge in [-0.15, -0.1) is 0 Å². The second-order valence-corrected chi connectivity index (χ2v) is 4.69. The summed E-state index contributed by atoms with van der Waals surface area (Å²) >= 11 is 0. The molecule has 0 bridgehead atoms. The van der Waals surface area contributed by atoms with Crippen LogP contribution in [0.1, 0.15) is 54.9 Å². The molecule has 0 atom stereocenters.